The third-order valence-corrected chi connectivity index (χ3v) is 3.68. The molecule has 0 amide bonds. The lowest BCUT2D eigenvalue weighted by Crippen LogP contribution is -2.18. The Hall–Kier alpha value is -1.38. The van der Waals surface area contributed by atoms with Crippen molar-refractivity contribution in [2.75, 3.05) is 0 Å². The van der Waals surface area contributed by atoms with Crippen molar-refractivity contribution in [2.24, 2.45) is 0 Å². The first-order chi connectivity index (χ1) is 7.40. The first-order valence-electron chi connectivity index (χ1n) is 5.75. The van der Waals surface area contributed by atoms with E-state index in [0.29, 0.717) is 0 Å². The Balaban J connectivity index is 2.37. The lowest BCUT2D eigenvalue weighted by atomic mass is 9.82. The molecule has 16 heavy (non-hydrogen) atoms. The molecule has 3 rings (SSSR count). The molecule has 0 aromatic carbocycles. The zero-order chi connectivity index (χ0) is 11.6. The predicted octanol–water partition coefficient (Wildman–Crippen LogP) is 2.92. The van der Waals surface area contributed by atoms with Crippen LogP contribution < -0.4 is 0 Å². The maximum Gasteiger partial charge on any atom is 0.108 e. The van der Waals surface area contributed by atoms with Gasteiger partial charge in [0.15, 0.2) is 0 Å². The molecule has 0 saturated heterocycles. The molecule has 2 heterocycles. The van der Waals surface area contributed by atoms with E-state index in [1.54, 1.807) is 6.20 Å². The van der Waals surface area contributed by atoms with E-state index in [4.69, 9.17) is 4.98 Å². The highest BCUT2D eigenvalue weighted by atomic mass is 15.1. The number of H-pyrrole nitrogens is 1. The topological polar surface area (TPSA) is 41.6 Å². The van der Waals surface area contributed by atoms with Crippen molar-refractivity contribution < 1.29 is 0 Å². The standard InChI is InChI=1S/C13H17N3/c1-12(2)7-13(3,4)11-8(12)5-9-10(15-11)6-14-16-9/h5-6H,7H2,1-4H3,(H,14,16). The Morgan fingerprint density at radius 1 is 1.19 bits per heavy atom. The summed E-state index contributed by atoms with van der Waals surface area (Å²) in [5.41, 5.74) is 5.02. The van der Waals surface area contributed by atoms with E-state index < -0.39 is 0 Å². The summed E-state index contributed by atoms with van der Waals surface area (Å²) in [5.74, 6) is 0. The van der Waals surface area contributed by atoms with Gasteiger partial charge in [-0.25, -0.2) is 4.98 Å². The minimum absolute atomic E-state index is 0.171. The molecule has 2 aromatic rings. The van der Waals surface area contributed by atoms with Gasteiger partial charge in [0.1, 0.15) is 5.52 Å². The minimum atomic E-state index is 0.171. The van der Waals surface area contributed by atoms with E-state index in [9.17, 15) is 0 Å². The molecule has 3 heteroatoms. The summed E-state index contributed by atoms with van der Waals surface area (Å²) >= 11 is 0. The Bertz CT molecular complexity index is 516. The zero-order valence-electron chi connectivity index (χ0n) is 10.3. The fraction of sp³-hybridized carbons (Fsp3) is 0.538. The number of nitrogens with zero attached hydrogens (tertiary/aromatic N) is 2. The molecule has 0 unspecified atom stereocenters. The van der Waals surface area contributed by atoms with Crippen LogP contribution in [-0.2, 0) is 10.8 Å². The van der Waals surface area contributed by atoms with Crippen LogP contribution in [0.25, 0.3) is 11.0 Å². The number of pyridine rings is 1. The maximum atomic E-state index is 4.77. The summed E-state index contributed by atoms with van der Waals surface area (Å²) in [4.78, 5) is 4.77. The molecule has 84 valence electrons. The van der Waals surface area contributed by atoms with Gasteiger partial charge in [0.2, 0.25) is 0 Å². The van der Waals surface area contributed by atoms with Gasteiger partial charge >= 0.3 is 0 Å². The van der Waals surface area contributed by atoms with E-state index in [0.717, 1.165) is 17.5 Å². The first-order valence-corrected chi connectivity index (χ1v) is 5.75. The van der Waals surface area contributed by atoms with Crippen molar-refractivity contribution in [1.82, 2.24) is 15.2 Å². The highest BCUT2D eigenvalue weighted by Gasteiger charge is 2.43. The average Bonchev–Trinajstić information content (AvgIpc) is 2.66. The van der Waals surface area contributed by atoms with Crippen LogP contribution in [0.15, 0.2) is 12.3 Å². The fourth-order valence-electron chi connectivity index (χ4n) is 3.19. The highest BCUT2D eigenvalue weighted by Crippen LogP contribution is 2.48. The molecule has 1 N–H and O–H groups in total. The second kappa shape index (κ2) is 2.65. The molecule has 1 aliphatic rings. The molecule has 0 saturated carbocycles. The molecule has 0 spiro atoms. The largest absolute Gasteiger partial charge is 0.276 e. The second-order valence-electron chi connectivity index (χ2n) is 6.13. The summed E-state index contributed by atoms with van der Waals surface area (Å²) in [6, 6.07) is 2.22. The van der Waals surface area contributed by atoms with Gasteiger partial charge in [0.05, 0.1) is 17.4 Å². The van der Waals surface area contributed by atoms with E-state index >= 15 is 0 Å². The molecule has 0 bridgehead atoms. The van der Waals surface area contributed by atoms with E-state index in [-0.39, 0.29) is 10.8 Å². The van der Waals surface area contributed by atoms with Crippen molar-refractivity contribution in [2.45, 2.75) is 44.9 Å². The van der Waals surface area contributed by atoms with Crippen molar-refractivity contribution >= 4 is 11.0 Å². The molecular formula is C13H17N3. The highest BCUT2D eigenvalue weighted by molar-refractivity contribution is 5.75. The lowest BCUT2D eigenvalue weighted by molar-refractivity contribution is 0.400. The van der Waals surface area contributed by atoms with Crippen LogP contribution in [0.5, 0.6) is 0 Å². The first kappa shape index (κ1) is 9.82. The van der Waals surface area contributed by atoms with Crippen LogP contribution in [0.4, 0.5) is 0 Å². The number of fused-ring (bicyclic) bond motifs is 2. The molecule has 0 aliphatic heterocycles. The lowest BCUT2D eigenvalue weighted by Gasteiger charge is -2.21. The summed E-state index contributed by atoms with van der Waals surface area (Å²) in [6.07, 6.45) is 2.96. The Kier molecular flexibility index (Phi) is 1.63. The smallest absolute Gasteiger partial charge is 0.108 e. The fourth-order valence-corrected chi connectivity index (χ4v) is 3.19. The zero-order valence-corrected chi connectivity index (χ0v) is 10.3. The van der Waals surface area contributed by atoms with E-state index in [1.807, 2.05) is 0 Å². The second-order valence-corrected chi connectivity index (χ2v) is 6.13. The number of aromatic amines is 1. The van der Waals surface area contributed by atoms with Gasteiger partial charge in [0, 0.05) is 5.41 Å². The van der Waals surface area contributed by atoms with Gasteiger partial charge in [-0.2, -0.15) is 5.10 Å². The van der Waals surface area contributed by atoms with E-state index in [2.05, 4.69) is 44.0 Å². The quantitative estimate of drug-likeness (QED) is 0.734. The van der Waals surface area contributed by atoms with Gasteiger partial charge in [-0.1, -0.05) is 27.7 Å². The molecule has 1 aliphatic carbocycles. The molecule has 0 atom stereocenters. The number of nitrogens with one attached hydrogen (secondary N) is 1. The van der Waals surface area contributed by atoms with Crippen LogP contribution in [0.3, 0.4) is 0 Å². The summed E-state index contributed by atoms with van der Waals surface area (Å²) < 4.78 is 0. The van der Waals surface area contributed by atoms with Crippen molar-refractivity contribution in [3.63, 3.8) is 0 Å². The Labute approximate surface area is 95.3 Å². The predicted molar refractivity (Wildman–Crippen MR) is 64.6 cm³/mol. The van der Waals surface area contributed by atoms with Gasteiger partial charge in [0.25, 0.3) is 0 Å². The Morgan fingerprint density at radius 3 is 2.69 bits per heavy atom. The van der Waals surface area contributed by atoms with Gasteiger partial charge in [-0.05, 0) is 23.5 Å². The van der Waals surface area contributed by atoms with Crippen LogP contribution >= 0.6 is 0 Å². The minimum Gasteiger partial charge on any atom is -0.276 e. The monoisotopic (exact) mass is 215 g/mol. The van der Waals surface area contributed by atoms with Crippen molar-refractivity contribution in [1.29, 1.82) is 0 Å². The molecule has 0 fully saturated rings. The number of hydrogen-bond donors (Lipinski definition) is 1. The van der Waals surface area contributed by atoms with Crippen LogP contribution in [0, 0.1) is 0 Å². The molecule has 0 radical (unpaired) electrons. The van der Waals surface area contributed by atoms with E-state index in [1.165, 1.54) is 11.3 Å². The molecular weight excluding hydrogens is 198 g/mol. The average molecular weight is 215 g/mol. The summed E-state index contributed by atoms with van der Waals surface area (Å²) in [6.45, 7) is 9.15. The Morgan fingerprint density at radius 2 is 1.94 bits per heavy atom. The number of aromatic nitrogens is 3. The third kappa shape index (κ3) is 1.14. The van der Waals surface area contributed by atoms with Crippen molar-refractivity contribution in [3.8, 4) is 0 Å². The maximum absolute atomic E-state index is 4.77. The van der Waals surface area contributed by atoms with Gasteiger partial charge in [-0.15, -0.1) is 0 Å². The molecule has 2 aromatic heterocycles. The summed E-state index contributed by atoms with van der Waals surface area (Å²) in [7, 11) is 0. The SMILES string of the molecule is CC1(C)CC(C)(C)c2nc3cn[nH]c3cc21. The summed E-state index contributed by atoms with van der Waals surface area (Å²) in [5, 5.41) is 7.05. The van der Waals surface area contributed by atoms with Crippen molar-refractivity contribution in [3.05, 3.63) is 23.5 Å². The normalized spacial score (nSPS) is 21.2. The number of rotatable bonds is 0. The number of hydrogen-bond acceptors (Lipinski definition) is 2. The van der Waals surface area contributed by atoms with Crippen LogP contribution in [-0.4, -0.2) is 15.2 Å². The van der Waals surface area contributed by atoms with Gasteiger partial charge in [-0.3, -0.25) is 5.10 Å². The van der Waals surface area contributed by atoms with Crippen LogP contribution in [0.2, 0.25) is 0 Å². The molecule has 3 nitrogen and oxygen atoms in total. The third-order valence-electron chi connectivity index (χ3n) is 3.68. The van der Waals surface area contributed by atoms with Gasteiger partial charge < -0.3 is 0 Å². The van der Waals surface area contributed by atoms with Crippen LogP contribution in [0.1, 0.15) is 45.4 Å².